The van der Waals surface area contributed by atoms with Crippen molar-refractivity contribution in [3.8, 4) is 0 Å². The molecule has 41 heavy (non-hydrogen) atoms. The zero-order valence-electron chi connectivity index (χ0n) is 22.0. The molecule has 0 amide bonds. The number of benzene rings is 7. The highest BCUT2D eigenvalue weighted by molar-refractivity contribution is 7.29. The highest BCUT2D eigenvalue weighted by Gasteiger charge is 2.21. The summed E-state index contributed by atoms with van der Waals surface area (Å²) in [6.07, 6.45) is 0. The molecule has 0 aliphatic heterocycles. The number of hydrogen-bond acceptors (Lipinski definition) is 3. The first-order chi connectivity index (χ1) is 20.3. The van der Waals surface area contributed by atoms with Gasteiger partial charge in [0, 0.05) is 51.7 Å². The highest BCUT2D eigenvalue weighted by Crippen LogP contribution is 2.49. The zero-order valence-corrected chi connectivity index (χ0v) is 23.7. The van der Waals surface area contributed by atoms with Crippen LogP contribution < -0.4 is 4.90 Å². The van der Waals surface area contributed by atoms with Gasteiger partial charge in [-0.05, 0) is 70.1 Å². The van der Waals surface area contributed by atoms with Crippen molar-refractivity contribution in [1.82, 2.24) is 0 Å². The summed E-state index contributed by atoms with van der Waals surface area (Å²) in [5, 5.41) is 10.5. The standard InChI is InChI=1S/C38H23NS2/c1-2-10-26(11-3-1)39(27-20-19-25-18-17-24-9-4-5-12-28(24)31(25)23-27)32-14-8-16-34-36(32)37-35(40-34)22-21-30-29-13-6-7-15-33(29)41-38(30)37/h1-23H. The Hall–Kier alpha value is -4.70. The second-order valence-electron chi connectivity index (χ2n) is 10.5. The molecule has 192 valence electrons. The topological polar surface area (TPSA) is 3.24 Å². The van der Waals surface area contributed by atoms with Gasteiger partial charge in [-0.1, -0.05) is 91.0 Å². The maximum absolute atomic E-state index is 2.45. The molecule has 2 heterocycles. The molecule has 0 saturated heterocycles. The minimum absolute atomic E-state index is 1.16. The van der Waals surface area contributed by atoms with Crippen LogP contribution in [0, 0.1) is 0 Å². The van der Waals surface area contributed by atoms with Gasteiger partial charge in [0.1, 0.15) is 0 Å². The molecule has 1 nitrogen and oxygen atoms in total. The van der Waals surface area contributed by atoms with Crippen LogP contribution in [-0.4, -0.2) is 0 Å². The lowest BCUT2D eigenvalue weighted by Gasteiger charge is -2.27. The molecule has 0 bridgehead atoms. The molecule has 0 radical (unpaired) electrons. The maximum atomic E-state index is 2.45. The number of fused-ring (bicyclic) bond motifs is 10. The zero-order chi connectivity index (χ0) is 26.9. The van der Waals surface area contributed by atoms with Crippen LogP contribution in [-0.2, 0) is 0 Å². The van der Waals surface area contributed by atoms with Crippen molar-refractivity contribution in [2.45, 2.75) is 0 Å². The van der Waals surface area contributed by atoms with Gasteiger partial charge in [-0.15, -0.1) is 22.7 Å². The molecule has 0 spiro atoms. The van der Waals surface area contributed by atoms with Crippen molar-refractivity contribution in [3.63, 3.8) is 0 Å². The lowest BCUT2D eigenvalue weighted by atomic mass is 10.0. The van der Waals surface area contributed by atoms with Crippen molar-refractivity contribution in [2.24, 2.45) is 0 Å². The number of anilines is 3. The number of para-hydroxylation sites is 1. The van der Waals surface area contributed by atoms with E-state index in [1.54, 1.807) is 0 Å². The summed E-state index contributed by atoms with van der Waals surface area (Å²) in [5.41, 5.74) is 3.53. The highest BCUT2D eigenvalue weighted by atomic mass is 32.1. The molecule has 7 aromatic carbocycles. The Bertz CT molecular complexity index is 2430. The molecule has 2 aromatic heterocycles. The van der Waals surface area contributed by atoms with Crippen LogP contribution in [0.2, 0.25) is 0 Å². The van der Waals surface area contributed by atoms with E-state index in [0.717, 1.165) is 11.4 Å². The van der Waals surface area contributed by atoms with Gasteiger partial charge in [0.15, 0.2) is 0 Å². The van der Waals surface area contributed by atoms with Crippen LogP contribution in [0.1, 0.15) is 0 Å². The molecular weight excluding hydrogens is 535 g/mol. The van der Waals surface area contributed by atoms with Crippen LogP contribution in [0.5, 0.6) is 0 Å². The second kappa shape index (κ2) is 8.90. The molecule has 0 saturated carbocycles. The van der Waals surface area contributed by atoms with E-state index >= 15 is 0 Å². The first kappa shape index (κ1) is 23.0. The van der Waals surface area contributed by atoms with E-state index < -0.39 is 0 Å². The molecule has 0 fully saturated rings. The summed E-state index contributed by atoms with van der Waals surface area (Å²) >= 11 is 3.81. The lowest BCUT2D eigenvalue weighted by Crippen LogP contribution is -2.10. The Labute approximate surface area is 245 Å². The van der Waals surface area contributed by atoms with Crippen molar-refractivity contribution in [3.05, 3.63) is 140 Å². The number of thiophene rings is 2. The van der Waals surface area contributed by atoms with Crippen LogP contribution in [0.3, 0.4) is 0 Å². The Morgan fingerprint density at radius 3 is 2.00 bits per heavy atom. The number of hydrogen-bond donors (Lipinski definition) is 0. The summed E-state index contributed by atoms with van der Waals surface area (Å²) in [6.45, 7) is 0. The van der Waals surface area contributed by atoms with Crippen molar-refractivity contribution >= 4 is 102 Å². The monoisotopic (exact) mass is 557 g/mol. The minimum Gasteiger partial charge on any atom is -0.310 e. The van der Waals surface area contributed by atoms with Gasteiger partial charge < -0.3 is 4.90 Å². The van der Waals surface area contributed by atoms with Gasteiger partial charge in [0.25, 0.3) is 0 Å². The fourth-order valence-electron chi connectivity index (χ4n) is 6.39. The van der Waals surface area contributed by atoms with Gasteiger partial charge in [0.05, 0.1) is 5.69 Å². The van der Waals surface area contributed by atoms with Crippen LogP contribution in [0.25, 0.3) is 61.9 Å². The average molecular weight is 558 g/mol. The molecule has 0 atom stereocenters. The molecule has 9 aromatic rings. The van der Waals surface area contributed by atoms with Crippen LogP contribution in [0.4, 0.5) is 17.1 Å². The Kier molecular flexibility index (Phi) is 5.00. The Morgan fingerprint density at radius 1 is 0.390 bits per heavy atom. The van der Waals surface area contributed by atoms with E-state index in [4.69, 9.17) is 0 Å². The fraction of sp³-hybridized carbons (Fsp3) is 0. The fourth-order valence-corrected chi connectivity index (χ4v) is 8.84. The summed E-state index contributed by atoms with van der Waals surface area (Å²) in [7, 11) is 0. The first-order valence-corrected chi connectivity index (χ1v) is 15.5. The summed E-state index contributed by atoms with van der Waals surface area (Å²) in [6, 6.07) is 51.1. The number of rotatable bonds is 3. The molecular formula is C38H23NS2. The average Bonchev–Trinajstić information content (AvgIpc) is 3.60. The number of nitrogens with zero attached hydrogens (tertiary/aromatic N) is 1. The molecule has 0 aliphatic rings. The van der Waals surface area contributed by atoms with E-state index in [2.05, 4.69) is 144 Å². The third kappa shape index (κ3) is 3.46. The van der Waals surface area contributed by atoms with E-state index in [9.17, 15) is 0 Å². The van der Waals surface area contributed by atoms with Gasteiger partial charge in [0.2, 0.25) is 0 Å². The summed E-state index contributed by atoms with van der Waals surface area (Å²) in [5.74, 6) is 0. The van der Waals surface area contributed by atoms with Crippen molar-refractivity contribution in [1.29, 1.82) is 0 Å². The smallest absolute Gasteiger partial charge is 0.0555 e. The van der Waals surface area contributed by atoms with Crippen LogP contribution >= 0.6 is 22.7 Å². The van der Waals surface area contributed by atoms with E-state index in [0.29, 0.717) is 0 Å². The van der Waals surface area contributed by atoms with Gasteiger partial charge in [-0.2, -0.15) is 0 Å². The molecule has 0 N–H and O–H groups in total. The largest absolute Gasteiger partial charge is 0.310 e. The lowest BCUT2D eigenvalue weighted by molar-refractivity contribution is 1.31. The van der Waals surface area contributed by atoms with E-state index in [1.807, 2.05) is 22.7 Å². The minimum atomic E-state index is 1.16. The van der Waals surface area contributed by atoms with E-state index in [1.165, 1.54) is 67.6 Å². The SMILES string of the molecule is c1ccc(N(c2ccc3ccc4ccccc4c3c2)c2cccc3sc4ccc5c6ccccc6sc5c4c23)cc1. The quantitative estimate of drug-likeness (QED) is 0.195. The van der Waals surface area contributed by atoms with Gasteiger partial charge in [-0.25, -0.2) is 0 Å². The van der Waals surface area contributed by atoms with E-state index in [-0.39, 0.29) is 0 Å². The third-order valence-electron chi connectivity index (χ3n) is 8.23. The predicted molar refractivity (Wildman–Crippen MR) is 182 cm³/mol. The predicted octanol–water partition coefficient (Wildman–Crippen LogP) is 12.2. The third-order valence-corrected chi connectivity index (χ3v) is 10.6. The van der Waals surface area contributed by atoms with Crippen molar-refractivity contribution in [2.75, 3.05) is 4.90 Å². The molecule has 3 heteroatoms. The first-order valence-electron chi connectivity index (χ1n) is 13.9. The molecule has 0 aliphatic carbocycles. The normalized spacial score (nSPS) is 11.9. The molecule has 0 unspecified atom stereocenters. The summed E-state index contributed by atoms with van der Waals surface area (Å²) < 4.78 is 5.37. The Balaban J connectivity index is 1.39. The summed E-state index contributed by atoms with van der Waals surface area (Å²) in [4.78, 5) is 2.45. The molecule has 9 rings (SSSR count). The Morgan fingerprint density at radius 2 is 1.10 bits per heavy atom. The van der Waals surface area contributed by atoms with Gasteiger partial charge >= 0.3 is 0 Å². The second-order valence-corrected chi connectivity index (χ2v) is 12.7. The van der Waals surface area contributed by atoms with Gasteiger partial charge in [-0.3, -0.25) is 0 Å². The maximum Gasteiger partial charge on any atom is 0.0555 e. The van der Waals surface area contributed by atoms with Crippen molar-refractivity contribution < 1.29 is 0 Å². The van der Waals surface area contributed by atoms with Crippen LogP contribution in [0.15, 0.2) is 140 Å².